The molecule has 0 bridgehead atoms. The number of aromatic amines is 1. The van der Waals surface area contributed by atoms with E-state index in [1.54, 1.807) is 16.4 Å². The lowest BCUT2D eigenvalue weighted by Gasteiger charge is -2.23. The van der Waals surface area contributed by atoms with E-state index in [0.717, 1.165) is 24.1 Å². The van der Waals surface area contributed by atoms with E-state index in [9.17, 15) is 8.42 Å². The third-order valence-corrected chi connectivity index (χ3v) is 6.26. The Kier molecular flexibility index (Phi) is 4.10. The minimum Gasteiger partial charge on any atom is -0.364 e. The van der Waals surface area contributed by atoms with Crippen molar-refractivity contribution in [2.75, 3.05) is 6.54 Å². The SMILES string of the molecule is CC(C)c1ccc(S(=O)(=O)N2CCCC2c2ccc[nH]2)cc1. The highest BCUT2D eigenvalue weighted by Crippen LogP contribution is 2.35. The molecule has 1 aliphatic heterocycles. The number of benzene rings is 1. The molecule has 0 aliphatic carbocycles. The van der Waals surface area contributed by atoms with Gasteiger partial charge in [-0.25, -0.2) is 8.42 Å². The molecular formula is C17H22N2O2S. The number of aromatic nitrogens is 1. The van der Waals surface area contributed by atoms with E-state index < -0.39 is 10.0 Å². The lowest BCUT2D eigenvalue weighted by Crippen LogP contribution is -2.30. The fourth-order valence-electron chi connectivity index (χ4n) is 3.05. The number of hydrogen-bond donors (Lipinski definition) is 1. The number of nitrogens with one attached hydrogen (secondary N) is 1. The second-order valence-corrected chi connectivity index (χ2v) is 8.01. The van der Waals surface area contributed by atoms with Crippen molar-refractivity contribution in [2.45, 2.75) is 43.5 Å². The molecule has 0 amide bonds. The Bertz CT molecular complexity index is 719. The minimum absolute atomic E-state index is 0.0789. The van der Waals surface area contributed by atoms with Crippen LogP contribution in [-0.2, 0) is 10.0 Å². The second kappa shape index (κ2) is 5.89. The molecule has 5 heteroatoms. The summed E-state index contributed by atoms with van der Waals surface area (Å²) in [5, 5.41) is 0. The van der Waals surface area contributed by atoms with Crippen LogP contribution in [0.1, 0.15) is 49.9 Å². The highest BCUT2D eigenvalue weighted by atomic mass is 32.2. The molecule has 4 nitrogen and oxygen atoms in total. The minimum atomic E-state index is -3.44. The summed E-state index contributed by atoms with van der Waals surface area (Å²) in [5.74, 6) is 0.398. The van der Waals surface area contributed by atoms with E-state index in [4.69, 9.17) is 0 Å². The molecule has 0 spiro atoms. The molecular weight excluding hydrogens is 296 g/mol. The first kappa shape index (κ1) is 15.3. The largest absolute Gasteiger partial charge is 0.364 e. The van der Waals surface area contributed by atoms with Crippen molar-refractivity contribution in [3.8, 4) is 0 Å². The summed E-state index contributed by atoms with van der Waals surface area (Å²) in [7, 11) is -3.44. The van der Waals surface area contributed by atoms with Gasteiger partial charge in [-0.2, -0.15) is 4.31 Å². The zero-order valence-corrected chi connectivity index (χ0v) is 13.8. The predicted molar refractivity (Wildman–Crippen MR) is 87.2 cm³/mol. The maximum Gasteiger partial charge on any atom is 0.243 e. The van der Waals surface area contributed by atoms with E-state index in [1.807, 2.05) is 30.5 Å². The van der Waals surface area contributed by atoms with Crippen LogP contribution < -0.4 is 0 Å². The third kappa shape index (κ3) is 2.71. The van der Waals surface area contributed by atoms with Crippen molar-refractivity contribution < 1.29 is 8.42 Å². The molecule has 1 saturated heterocycles. The Balaban J connectivity index is 1.91. The maximum absolute atomic E-state index is 12.9. The summed E-state index contributed by atoms with van der Waals surface area (Å²) in [5.41, 5.74) is 2.13. The van der Waals surface area contributed by atoms with Gasteiger partial charge in [0.2, 0.25) is 10.0 Å². The van der Waals surface area contributed by atoms with Gasteiger partial charge in [0.1, 0.15) is 0 Å². The molecule has 1 aromatic carbocycles. The van der Waals surface area contributed by atoms with Crippen molar-refractivity contribution in [3.05, 3.63) is 53.9 Å². The zero-order chi connectivity index (χ0) is 15.7. The maximum atomic E-state index is 12.9. The second-order valence-electron chi connectivity index (χ2n) is 6.12. The molecule has 2 aromatic rings. The van der Waals surface area contributed by atoms with Crippen LogP contribution in [0.5, 0.6) is 0 Å². The van der Waals surface area contributed by atoms with Gasteiger partial charge in [-0.1, -0.05) is 26.0 Å². The fraction of sp³-hybridized carbons (Fsp3) is 0.412. The Morgan fingerprint density at radius 3 is 2.50 bits per heavy atom. The molecule has 22 heavy (non-hydrogen) atoms. The normalized spacial score (nSPS) is 19.9. The number of rotatable bonds is 4. The lowest BCUT2D eigenvalue weighted by molar-refractivity contribution is 0.391. The average molecular weight is 318 g/mol. The highest BCUT2D eigenvalue weighted by Gasteiger charge is 2.36. The van der Waals surface area contributed by atoms with Crippen molar-refractivity contribution >= 4 is 10.0 Å². The van der Waals surface area contributed by atoms with Crippen LogP contribution in [0.3, 0.4) is 0 Å². The molecule has 1 unspecified atom stereocenters. The van der Waals surface area contributed by atoms with Crippen LogP contribution in [0.2, 0.25) is 0 Å². The molecule has 1 aromatic heterocycles. The Labute approximate surface area is 132 Å². The van der Waals surface area contributed by atoms with Crippen molar-refractivity contribution in [3.63, 3.8) is 0 Å². The van der Waals surface area contributed by atoms with Crippen LogP contribution in [0.15, 0.2) is 47.5 Å². The molecule has 3 rings (SSSR count). The molecule has 0 radical (unpaired) electrons. The molecule has 1 aliphatic rings. The molecule has 118 valence electrons. The smallest absolute Gasteiger partial charge is 0.243 e. The van der Waals surface area contributed by atoms with Crippen molar-refractivity contribution in [1.82, 2.24) is 9.29 Å². The summed E-state index contributed by atoms with van der Waals surface area (Å²) in [6.45, 7) is 4.79. The van der Waals surface area contributed by atoms with Crippen LogP contribution in [0.25, 0.3) is 0 Å². The summed E-state index contributed by atoms with van der Waals surface area (Å²) in [4.78, 5) is 3.54. The van der Waals surface area contributed by atoms with E-state index in [-0.39, 0.29) is 6.04 Å². The molecule has 1 N–H and O–H groups in total. The van der Waals surface area contributed by atoms with E-state index >= 15 is 0 Å². The van der Waals surface area contributed by atoms with E-state index in [2.05, 4.69) is 18.8 Å². The van der Waals surface area contributed by atoms with E-state index in [1.165, 1.54) is 0 Å². The van der Waals surface area contributed by atoms with Gasteiger partial charge in [0.25, 0.3) is 0 Å². The van der Waals surface area contributed by atoms with Gasteiger partial charge >= 0.3 is 0 Å². The Morgan fingerprint density at radius 2 is 1.91 bits per heavy atom. The van der Waals surface area contributed by atoms with Crippen LogP contribution in [-0.4, -0.2) is 24.3 Å². The quantitative estimate of drug-likeness (QED) is 0.935. The molecule has 0 saturated carbocycles. The standard InChI is InChI=1S/C17H22N2O2S/c1-13(2)14-7-9-15(10-8-14)22(20,21)19-12-4-6-17(19)16-5-3-11-18-16/h3,5,7-11,13,17-18H,4,6,12H2,1-2H3. The number of nitrogens with zero attached hydrogens (tertiary/aromatic N) is 1. The first-order valence-electron chi connectivity index (χ1n) is 7.75. The van der Waals surface area contributed by atoms with Crippen LogP contribution >= 0.6 is 0 Å². The van der Waals surface area contributed by atoms with Gasteiger partial charge in [-0.3, -0.25) is 0 Å². The molecule has 1 atom stereocenters. The monoisotopic (exact) mass is 318 g/mol. The Morgan fingerprint density at radius 1 is 1.18 bits per heavy atom. The first-order valence-corrected chi connectivity index (χ1v) is 9.19. The van der Waals surface area contributed by atoms with Crippen molar-refractivity contribution in [2.24, 2.45) is 0 Å². The predicted octanol–water partition coefficient (Wildman–Crippen LogP) is 3.66. The summed E-state index contributed by atoms with van der Waals surface area (Å²) >= 11 is 0. The third-order valence-electron chi connectivity index (χ3n) is 4.34. The lowest BCUT2D eigenvalue weighted by atomic mass is 10.0. The van der Waals surface area contributed by atoms with Crippen molar-refractivity contribution in [1.29, 1.82) is 0 Å². The number of hydrogen-bond acceptors (Lipinski definition) is 2. The van der Waals surface area contributed by atoms with Gasteiger partial charge < -0.3 is 4.98 Å². The van der Waals surface area contributed by atoms with Gasteiger partial charge in [-0.15, -0.1) is 0 Å². The Hall–Kier alpha value is -1.59. The van der Waals surface area contributed by atoms with Crippen LogP contribution in [0, 0.1) is 0 Å². The van der Waals surface area contributed by atoms with Gasteiger partial charge in [0.15, 0.2) is 0 Å². The highest BCUT2D eigenvalue weighted by molar-refractivity contribution is 7.89. The van der Waals surface area contributed by atoms with Gasteiger partial charge in [-0.05, 0) is 48.6 Å². The van der Waals surface area contributed by atoms with Gasteiger partial charge in [0, 0.05) is 18.4 Å². The number of sulfonamides is 1. The van der Waals surface area contributed by atoms with Crippen LogP contribution in [0.4, 0.5) is 0 Å². The zero-order valence-electron chi connectivity index (χ0n) is 13.0. The summed E-state index contributed by atoms with van der Waals surface area (Å²) < 4.78 is 27.5. The topological polar surface area (TPSA) is 53.2 Å². The number of H-pyrrole nitrogens is 1. The van der Waals surface area contributed by atoms with Gasteiger partial charge in [0.05, 0.1) is 10.9 Å². The average Bonchev–Trinajstić information content (AvgIpc) is 3.18. The summed E-state index contributed by atoms with van der Waals surface area (Å²) in [6.07, 6.45) is 3.60. The fourth-order valence-corrected chi connectivity index (χ4v) is 4.72. The van der Waals surface area contributed by atoms with E-state index in [0.29, 0.717) is 17.4 Å². The first-order chi connectivity index (χ1) is 10.5. The summed E-state index contributed by atoms with van der Waals surface area (Å²) in [6, 6.07) is 11.1. The molecule has 2 heterocycles. The molecule has 1 fully saturated rings.